The predicted molar refractivity (Wildman–Crippen MR) is 104 cm³/mol. The Balaban J connectivity index is 1.60. The highest BCUT2D eigenvalue weighted by atomic mass is 79.9. The maximum Gasteiger partial charge on any atom is 0.248 e. The molecule has 2 aromatic carbocycles. The molecule has 0 spiro atoms. The highest BCUT2D eigenvalue weighted by Gasteiger charge is 2.10. The van der Waals surface area contributed by atoms with E-state index in [0.29, 0.717) is 5.56 Å². The second-order valence-corrected chi connectivity index (χ2v) is 7.00. The van der Waals surface area contributed by atoms with Crippen LogP contribution in [0, 0.1) is 5.82 Å². The van der Waals surface area contributed by atoms with E-state index in [0.717, 1.165) is 23.2 Å². The number of carbonyl (C=O) groups is 1. The smallest absolute Gasteiger partial charge is 0.248 e. The van der Waals surface area contributed by atoms with Crippen molar-refractivity contribution in [2.75, 3.05) is 23.3 Å². The van der Waals surface area contributed by atoms with Crippen molar-refractivity contribution in [2.24, 2.45) is 0 Å². The number of amides is 1. The van der Waals surface area contributed by atoms with Crippen molar-refractivity contribution < 1.29 is 9.18 Å². The van der Waals surface area contributed by atoms with Gasteiger partial charge in [-0.25, -0.2) is 4.39 Å². The number of benzene rings is 2. The lowest BCUT2D eigenvalue weighted by Crippen LogP contribution is -2.29. The first-order valence-corrected chi connectivity index (χ1v) is 9.20. The molecule has 1 amide bonds. The lowest BCUT2D eigenvalue weighted by molar-refractivity contribution is -0.111. The Kier molecular flexibility index (Phi) is 5.87. The molecule has 2 aromatic rings. The molecule has 1 saturated heterocycles. The van der Waals surface area contributed by atoms with Crippen LogP contribution in [0.15, 0.2) is 53.0 Å². The third-order valence-corrected chi connectivity index (χ3v) is 4.72. The highest BCUT2D eigenvalue weighted by molar-refractivity contribution is 9.10. The van der Waals surface area contributed by atoms with Gasteiger partial charge in [-0.1, -0.05) is 15.9 Å². The molecule has 3 nitrogen and oxygen atoms in total. The average molecular weight is 403 g/mol. The first-order chi connectivity index (χ1) is 12.1. The minimum Gasteiger partial charge on any atom is -0.372 e. The molecule has 1 aliphatic heterocycles. The summed E-state index contributed by atoms with van der Waals surface area (Å²) in [6, 6.07) is 12.5. The van der Waals surface area contributed by atoms with E-state index >= 15 is 0 Å². The SMILES string of the molecule is O=C(/C=C/c1cc(Br)ccc1F)Nc1ccc(N2CCCCC2)cc1. The second-order valence-electron chi connectivity index (χ2n) is 6.08. The van der Waals surface area contributed by atoms with E-state index in [2.05, 4.69) is 26.1 Å². The summed E-state index contributed by atoms with van der Waals surface area (Å²) in [7, 11) is 0. The van der Waals surface area contributed by atoms with Crippen LogP contribution >= 0.6 is 15.9 Å². The Hall–Kier alpha value is -2.14. The number of halogens is 2. The summed E-state index contributed by atoms with van der Waals surface area (Å²) in [5.41, 5.74) is 2.28. The standard InChI is InChI=1S/C20H20BrFN2O/c21-16-5-10-19(22)15(14-16)4-11-20(25)23-17-6-8-18(9-7-17)24-12-2-1-3-13-24/h4-11,14H,1-3,12-13H2,(H,23,25)/b11-4+. The third-order valence-electron chi connectivity index (χ3n) is 4.23. The van der Waals surface area contributed by atoms with Crippen molar-refractivity contribution >= 4 is 39.3 Å². The Morgan fingerprint density at radius 3 is 2.52 bits per heavy atom. The quantitative estimate of drug-likeness (QED) is 0.709. The highest BCUT2D eigenvalue weighted by Crippen LogP contribution is 2.22. The first kappa shape index (κ1) is 17.7. The molecular formula is C20H20BrFN2O. The minimum absolute atomic E-state index is 0.287. The minimum atomic E-state index is -0.363. The van der Waals surface area contributed by atoms with Crippen LogP contribution in [-0.4, -0.2) is 19.0 Å². The number of hydrogen-bond acceptors (Lipinski definition) is 2. The summed E-state index contributed by atoms with van der Waals surface area (Å²) in [6.45, 7) is 2.18. The Bertz CT molecular complexity index is 768. The summed E-state index contributed by atoms with van der Waals surface area (Å²) < 4.78 is 14.4. The molecule has 0 atom stereocenters. The molecule has 0 aromatic heterocycles. The molecule has 130 valence electrons. The van der Waals surface area contributed by atoms with E-state index in [1.807, 2.05) is 24.3 Å². The average Bonchev–Trinajstić information content (AvgIpc) is 2.64. The maximum atomic E-state index is 13.7. The lowest BCUT2D eigenvalue weighted by Gasteiger charge is -2.28. The molecule has 1 N–H and O–H groups in total. The zero-order chi connectivity index (χ0) is 17.6. The van der Waals surface area contributed by atoms with Crippen LogP contribution in [0.3, 0.4) is 0 Å². The molecule has 0 radical (unpaired) electrons. The van der Waals surface area contributed by atoms with Gasteiger partial charge in [0.15, 0.2) is 0 Å². The lowest BCUT2D eigenvalue weighted by atomic mass is 10.1. The van der Waals surface area contributed by atoms with Gasteiger partial charge in [0.1, 0.15) is 5.82 Å². The van der Waals surface area contributed by atoms with E-state index < -0.39 is 0 Å². The maximum absolute atomic E-state index is 13.7. The van der Waals surface area contributed by atoms with Crippen molar-refractivity contribution in [3.8, 4) is 0 Å². The summed E-state index contributed by atoms with van der Waals surface area (Å²) >= 11 is 3.29. The van der Waals surface area contributed by atoms with Crippen LogP contribution in [0.1, 0.15) is 24.8 Å². The molecule has 5 heteroatoms. The topological polar surface area (TPSA) is 32.3 Å². The third kappa shape index (κ3) is 4.92. The monoisotopic (exact) mass is 402 g/mol. The van der Waals surface area contributed by atoms with Gasteiger partial charge in [-0.3, -0.25) is 4.79 Å². The molecular weight excluding hydrogens is 383 g/mol. The van der Waals surface area contributed by atoms with Crippen LogP contribution in [0.4, 0.5) is 15.8 Å². The Labute approximate surface area is 155 Å². The van der Waals surface area contributed by atoms with Crippen LogP contribution in [-0.2, 0) is 4.79 Å². The zero-order valence-electron chi connectivity index (χ0n) is 13.8. The van der Waals surface area contributed by atoms with Crippen molar-refractivity contribution in [3.63, 3.8) is 0 Å². The number of carbonyl (C=O) groups excluding carboxylic acids is 1. The van der Waals surface area contributed by atoms with Gasteiger partial charge in [-0.05, 0) is 67.8 Å². The van der Waals surface area contributed by atoms with Crippen LogP contribution in [0.25, 0.3) is 6.08 Å². The van der Waals surface area contributed by atoms with Gasteiger partial charge in [0.25, 0.3) is 0 Å². The molecule has 1 heterocycles. The van der Waals surface area contributed by atoms with Crippen LogP contribution in [0.2, 0.25) is 0 Å². The fourth-order valence-corrected chi connectivity index (χ4v) is 3.28. The Morgan fingerprint density at radius 2 is 1.80 bits per heavy atom. The number of nitrogens with one attached hydrogen (secondary N) is 1. The van der Waals surface area contributed by atoms with Gasteiger partial charge < -0.3 is 10.2 Å². The summed E-state index contributed by atoms with van der Waals surface area (Å²) in [6.07, 6.45) is 6.57. The molecule has 0 unspecified atom stereocenters. The molecule has 1 fully saturated rings. The van der Waals surface area contributed by atoms with Crippen molar-refractivity contribution in [1.82, 2.24) is 0 Å². The van der Waals surface area contributed by atoms with E-state index in [9.17, 15) is 9.18 Å². The van der Waals surface area contributed by atoms with Gasteiger partial charge >= 0.3 is 0 Å². The molecule has 3 rings (SSSR count). The van der Waals surface area contributed by atoms with Gasteiger partial charge in [-0.2, -0.15) is 0 Å². The largest absolute Gasteiger partial charge is 0.372 e. The van der Waals surface area contributed by atoms with Crippen molar-refractivity contribution in [1.29, 1.82) is 0 Å². The van der Waals surface area contributed by atoms with Crippen molar-refractivity contribution in [2.45, 2.75) is 19.3 Å². The fourth-order valence-electron chi connectivity index (χ4n) is 2.90. The van der Waals surface area contributed by atoms with E-state index in [-0.39, 0.29) is 11.7 Å². The number of piperidine rings is 1. The first-order valence-electron chi connectivity index (χ1n) is 8.41. The molecule has 1 aliphatic rings. The predicted octanol–water partition coefficient (Wildman–Crippen LogP) is 5.23. The number of rotatable bonds is 4. The number of nitrogens with zero attached hydrogens (tertiary/aromatic N) is 1. The van der Waals surface area contributed by atoms with Gasteiger partial charge in [0.2, 0.25) is 5.91 Å². The summed E-state index contributed by atoms with van der Waals surface area (Å²) in [4.78, 5) is 14.4. The molecule has 0 aliphatic carbocycles. The molecule has 0 saturated carbocycles. The normalized spacial score (nSPS) is 14.7. The van der Waals surface area contributed by atoms with Gasteiger partial charge in [0, 0.05) is 40.6 Å². The molecule has 25 heavy (non-hydrogen) atoms. The molecule has 0 bridgehead atoms. The van der Waals surface area contributed by atoms with E-state index in [4.69, 9.17) is 0 Å². The van der Waals surface area contributed by atoms with E-state index in [1.165, 1.54) is 43.2 Å². The van der Waals surface area contributed by atoms with Gasteiger partial charge in [-0.15, -0.1) is 0 Å². The number of hydrogen-bond donors (Lipinski definition) is 1. The van der Waals surface area contributed by atoms with E-state index in [1.54, 1.807) is 12.1 Å². The summed E-state index contributed by atoms with van der Waals surface area (Å²) in [5, 5.41) is 2.80. The van der Waals surface area contributed by atoms with Crippen molar-refractivity contribution in [3.05, 3.63) is 64.4 Å². The fraction of sp³-hybridized carbons (Fsp3) is 0.250. The van der Waals surface area contributed by atoms with Crippen LogP contribution in [0.5, 0.6) is 0 Å². The summed E-state index contributed by atoms with van der Waals surface area (Å²) in [5.74, 6) is -0.650. The Morgan fingerprint density at radius 1 is 1.08 bits per heavy atom. The van der Waals surface area contributed by atoms with Crippen LogP contribution < -0.4 is 10.2 Å². The second kappa shape index (κ2) is 8.30. The zero-order valence-corrected chi connectivity index (χ0v) is 15.4. The van der Waals surface area contributed by atoms with Gasteiger partial charge in [0.05, 0.1) is 0 Å². The number of anilines is 2.